The summed E-state index contributed by atoms with van der Waals surface area (Å²) in [7, 11) is 1.66. The number of imidazole rings is 1. The normalized spacial score (nSPS) is 14.0. The third-order valence-electron chi connectivity index (χ3n) is 3.99. The van der Waals surface area contributed by atoms with Gasteiger partial charge in [-0.15, -0.1) is 11.8 Å². The van der Waals surface area contributed by atoms with Gasteiger partial charge in [0.05, 0.1) is 13.4 Å². The number of hydrogen-bond donors (Lipinski definition) is 2. The van der Waals surface area contributed by atoms with Crippen LogP contribution < -0.4 is 10.1 Å². The van der Waals surface area contributed by atoms with Gasteiger partial charge in [-0.3, -0.25) is 0 Å². The molecule has 24 heavy (non-hydrogen) atoms. The zero-order chi connectivity index (χ0) is 16.8. The van der Waals surface area contributed by atoms with Crippen LogP contribution in [0, 0.1) is 0 Å². The summed E-state index contributed by atoms with van der Waals surface area (Å²) in [4.78, 5) is 22.6. The van der Waals surface area contributed by atoms with Gasteiger partial charge in [-0.2, -0.15) is 0 Å². The predicted molar refractivity (Wildman–Crippen MR) is 94.4 cm³/mol. The number of benzene rings is 1. The fourth-order valence-electron chi connectivity index (χ4n) is 2.68. The summed E-state index contributed by atoms with van der Waals surface area (Å²) in [6, 6.07) is 6.06. The number of rotatable bonds is 5. The van der Waals surface area contributed by atoms with Crippen molar-refractivity contribution in [3.63, 3.8) is 0 Å². The van der Waals surface area contributed by atoms with Crippen molar-refractivity contribution in [3.8, 4) is 5.75 Å². The molecule has 2 aromatic rings. The lowest BCUT2D eigenvalue weighted by atomic mass is 10.2. The zero-order valence-electron chi connectivity index (χ0n) is 13.7. The van der Waals surface area contributed by atoms with E-state index in [2.05, 4.69) is 21.4 Å². The highest BCUT2D eigenvalue weighted by Crippen LogP contribution is 2.30. The summed E-state index contributed by atoms with van der Waals surface area (Å²) in [6.45, 7) is 2.02. The molecular weight excluding hydrogens is 324 g/mol. The van der Waals surface area contributed by atoms with E-state index in [4.69, 9.17) is 4.74 Å². The number of amides is 2. The molecule has 1 aliphatic rings. The standard InChI is InChI=1S/C17H22N4O2S/c1-23-15-4-5-16-13(9-15)11-21(7-8-24-16)17(22)19-6-2-3-14-10-18-12-20-14/h4-5,9-10,12H,2-3,6-8,11H2,1H3,(H,18,20)(H,19,22). The second-order valence-corrected chi connectivity index (χ2v) is 6.79. The first-order valence-electron chi connectivity index (χ1n) is 8.06. The van der Waals surface area contributed by atoms with Crippen LogP contribution in [-0.4, -0.2) is 46.9 Å². The molecule has 1 aromatic carbocycles. The number of carbonyl (C=O) groups excluding carboxylic acids is 1. The van der Waals surface area contributed by atoms with Gasteiger partial charge in [-0.05, 0) is 36.6 Å². The van der Waals surface area contributed by atoms with E-state index in [1.807, 2.05) is 23.2 Å². The smallest absolute Gasteiger partial charge is 0.317 e. The molecule has 128 valence electrons. The average Bonchev–Trinajstić information content (AvgIpc) is 3.02. The number of methoxy groups -OCH3 is 1. The van der Waals surface area contributed by atoms with Crippen molar-refractivity contribution in [2.75, 3.05) is 26.0 Å². The molecular formula is C17H22N4O2S. The van der Waals surface area contributed by atoms with Crippen molar-refractivity contribution in [1.82, 2.24) is 20.2 Å². The van der Waals surface area contributed by atoms with Crippen LogP contribution in [0.4, 0.5) is 4.79 Å². The number of thioether (sulfide) groups is 1. The number of H-pyrrole nitrogens is 1. The Bertz CT molecular complexity index is 675. The van der Waals surface area contributed by atoms with Gasteiger partial charge < -0.3 is 19.9 Å². The molecule has 0 bridgehead atoms. The van der Waals surface area contributed by atoms with Gasteiger partial charge >= 0.3 is 6.03 Å². The minimum atomic E-state index is -0.00381. The molecule has 1 aromatic heterocycles. The third kappa shape index (κ3) is 4.23. The van der Waals surface area contributed by atoms with Crippen molar-refractivity contribution in [3.05, 3.63) is 42.0 Å². The van der Waals surface area contributed by atoms with Crippen LogP contribution in [0.5, 0.6) is 5.75 Å². The largest absolute Gasteiger partial charge is 0.497 e. The fraction of sp³-hybridized carbons (Fsp3) is 0.412. The summed E-state index contributed by atoms with van der Waals surface area (Å²) in [5.74, 6) is 1.73. The number of fused-ring (bicyclic) bond motifs is 1. The molecule has 1 aliphatic heterocycles. The van der Waals surface area contributed by atoms with Crippen LogP contribution in [-0.2, 0) is 13.0 Å². The van der Waals surface area contributed by atoms with E-state index >= 15 is 0 Å². The summed E-state index contributed by atoms with van der Waals surface area (Å²) < 4.78 is 5.30. The number of aromatic nitrogens is 2. The molecule has 6 nitrogen and oxygen atoms in total. The second kappa shape index (κ2) is 8.10. The van der Waals surface area contributed by atoms with Crippen molar-refractivity contribution < 1.29 is 9.53 Å². The van der Waals surface area contributed by atoms with Gasteiger partial charge in [0.25, 0.3) is 0 Å². The summed E-state index contributed by atoms with van der Waals surface area (Å²) in [5.41, 5.74) is 2.24. The minimum absolute atomic E-state index is 0.00381. The molecule has 0 saturated carbocycles. The molecule has 0 radical (unpaired) electrons. The molecule has 0 fully saturated rings. The van der Waals surface area contributed by atoms with Crippen molar-refractivity contribution in [2.45, 2.75) is 24.3 Å². The molecule has 7 heteroatoms. The lowest BCUT2D eigenvalue weighted by molar-refractivity contribution is 0.198. The maximum Gasteiger partial charge on any atom is 0.317 e. The van der Waals surface area contributed by atoms with E-state index in [1.54, 1.807) is 25.2 Å². The SMILES string of the molecule is COc1ccc2c(c1)CN(C(=O)NCCCc1cnc[nH]1)CCS2. The van der Waals surface area contributed by atoms with Crippen LogP contribution >= 0.6 is 11.8 Å². The molecule has 2 N–H and O–H groups in total. The summed E-state index contributed by atoms with van der Waals surface area (Å²) in [6.07, 6.45) is 5.27. The second-order valence-electron chi connectivity index (χ2n) is 5.66. The highest BCUT2D eigenvalue weighted by atomic mass is 32.2. The van der Waals surface area contributed by atoms with Crippen LogP contribution in [0.1, 0.15) is 17.7 Å². The van der Waals surface area contributed by atoms with Crippen molar-refractivity contribution in [2.24, 2.45) is 0 Å². The van der Waals surface area contributed by atoms with Crippen LogP contribution in [0.15, 0.2) is 35.6 Å². The quantitative estimate of drug-likeness (QED) is 0.817. The topological polar surface area (TPSA) is 70.2 Å². The fourth-order valence-corrected chi connectivity index (χ4v) is 3.68. The zero-order valence-corrected chi connectivity index (χ0v) is 14.6. The van der Waals surface area contributed by atoms with Crippen LogP contribution in [0.3, 0.4) is 0 Å². The third-order valence-corrected chi connectivity index (χ3v) is 5.08. The van der Waals surface area contributed by atoms with E-state index in [-0.39, 0.29) is 6.03 Å². The van der Waals surface area contributed by atoms with Gasteiger partial charge in [0.2, 0.25) is 0 Å². The van der Waals surface area contributed by atoms with Gasteiger partial charge in [0.15, 0.2) is 0 Å². The molecule has 3 rings (SSSR count). The Balaban J connectivity index is 1.52. The maximum absolute atomic E-state index is 12.4. The van der Waals surface area contributed by atoms with E-state index in [0.29, 0.717) is 13.1 Å². The Morgan fingerprint density at radius 3 is 3.21 bits per heavy atom. The number of carbonyl (C=O) groups is 1. The van der Waals surface area contributed by atoms with Crippen LogP contribution in [0.25, 0.3) is 0 Å². The van der Waals surface area contributed by atoms with E-state index in [0.717, 1.165) is 42.1 Å². The molecule has 0 aliphatic carbocycles. The highest BCUT2D eigenvalue weighted by Gasteiger charge is 2.19. The van der Waals surface area contributed by atoms with Gasteiger partial charge in [-0.25, -0.2) is 9.78 Å². The molecule has 0 spiro atoms. The van der Waals surface area contributed by atoms with Crippen molar-refractivity contribution in [1.29, 1.82) is 0 Å². The Morgan fingerprint density at radius 2 is 2.42 bits per heavy atom. The Kier molecular flexibility index (Phi) is 5.63. The van der Waals surface area contributed by atoms with Gasteiger partial charge in [0, 0.05) is 42.2 Å². The van der Waals surface area contributed by atoms with E-state index in [1.165, 1.54) is 4.90 Å². The number of nitrogens with zero attached hydrogens (tertiary/aromatic N) is 2. The molecule has 0 saturated heterocycles. The minimum Gasteiger partial charge on any atom is -0.497 e. The molecule has 0 unspecified atom stereocenters. The van der Waals surface area contributed by atoms with Gasteiger partial charge in [-0.1, -0.05) is 0 Å². The number of aryl methyl sites for hydroxylation is 1. The summed E-state index contributed by atoms with van der Waals surface area (Å²) >= 11 is 1.79. The maximum atomic E-state index is 12.4. The molecule has 0 atom stereocenters. The van der Waals surface area contributed by atoms with E-state index < -0.39 is 0 Å². The van der Waals surface area contributed by atoms with E-state index in [9.17, 15) is 4.79 Å². The van der Waals surface area contributed by atoms with Crippen LogP contribution in [0.2, 0.25) is 0 Å². The summed E-state index contributed by atoms with van der Waals surface area (Å²) in [5, 5.41) is 3.01. The lowest BCUT2D eigenvalue weighted by Crippen LogP contribution is -2.40. The molecule has 2 amide bonds. The average molecular weight is 346 g/mol. The number of ether oxygens (including phenoxy) is 1. The number of hydrogen-bond acceptors (Lipinski definition) is 4. The number of aromatic amines is 1. The number of urea groups is 1. The monoisotopic (exact) mass is 346 g/mol. The molecule has 2 heterocycles. The first kappa shape index (κ1) is 16.7. The number of nitrogens with one attached hydrogen (secondary N) is 2. The van der Waals surface area contributed by atoms with Crippen molar-refractivity contribution >= 4 is 17.8 Å². The highest BCUT2D eigenvalue weighted by molar-refractivity contribution is 7.99. The lowest BCUT2D eigenvalue weighted by Gasteiger charge is -2.21. The Hall–Kier alpha value is -2.15. The predicted octanol–water partition coefficient (Wildman–Crippen LogP) is 2.67. The Morgan fingerprint density at radius 1 is 1.50 bits per heavy atom. The Labute approximate surface area is 146 Å². The van der Waals surface area contributed by atoms with Gasteiger partial charge in [0.1, 0.15) is 5.75 Å². The first-order valence-corrected chi connectivity index (χ1v) is 9.04. The first-order chi connectivity index (χ1) is 11.8.